The summed E-state index contributed by atoms with van der Waals surface area (Å²) in [6.07, 6.45) is -9.83. The molecule has 1 amide bonds. The van der Waals surface area contributed by atoms with E-state index in [0.29, 0.717) is 0 Å². The Morgan fingerprint density at radius 1 is 0.690 bits per heavy atom. The van der Waals surface area contributed by atoms with Crippen molar-refractivity contribution in [1.82, 2.24) is 5.32 Å². The van der Waals surface area contributed by atoms with Crippen molar-refractivity contribution in [3.05, 3.63) is 131 Å². The van der Waals surface area contributed by atoms with Gasteiger partial charge in [0, 0.05) is 12.0 Å². The van der Waals surface area contributed by atoms with Gasteiger partial charge in [-0.15, -0.1) is 26.3 Å². The van der Waals surface area contributed by atoms with E-state index in [2.05, 4.69) is 14.8 Å². The maximum absolute atomic E-state index is 13.4. The largest absolute Gasteiger partial charge is 0.573 e. The molecule has 4 aromatic carbocycles. The van der Waals surface area contributed by atoms with Gasteiger partial charge in [-0.2, -0.15) is 0 Å². The molecule has 0 spiro atoms. The van der Waals surface area contributed by atoms with Gasteiger partial charge in [-0.3, -0.25) is 4.79 Å². The summed E-state index contributed by atoms with van der Waals surface area (Å²) < 4.78 is 87.3. The molecule has 0 aliphatic carbocycles. The highest BCUT2D eigenvalue weighted by Gasteiger charge is 2.38. The molecule has 4 aromatic rings. The summed E-state index contributed by atoms with van der Waals surface area (Å²) in [7, 11) is 0. The maximum Gasteiger partial charge on any atom is 0.573 e. The second-order valence-electron chi connectivity index (χ2n) is 9.75. The van der Waals surface area contributed by atoms with E-state index in [1.807, 2.05) is 6.07 Å². The molecule has 0 fully saturated rings. The topological polar surface area (TPSA) is 47.6 Å². The molecule has 10 heteroatoms. The van der Waals surface area contributed by atoms with Crippen molar-refractivity contribution in [2.24, 2.45) is 0 Å². The molecule has 220 valence electrons. The maximum atomic E-state index is 13.4. The minimum Gasteiger partial charge on any atom is -0.406 e. The zero-order valence-electron chi connectivity index (χ0n) is 22.4. The molecular weight excluding hydrogens is 560 g/mol. The van der Waals surface area contributed by atoms with Crippen LogP contribution in [0.2, 0.25) is 0 Å². The van der Waals surface area contributed by atoms with Crippen LogP contribution in [0.5, 0.6) is 11.5 Å². The number of alkyl halides is 6. The second kappa shape index (κ2) is 12.6. The first-order valence-electron chi connectivity index (χ1n) is 12.9. The van der Waals surface area contributed by atoms with Gasteiger partial charge in [0.05, 0.1) is 5.92 Å². The highest BCUT2D eigenvalue weighted by Crippen LogP contribution is 2.40. The Labute approximate surface area is 238 Å². The molecule has 0 heterocycles. The summed E-state index contributed by atoms with van der Waals surface area (Å²) >= 11 is 0. The van der Waals surface area contributed by atoms with Gasteiger partial charge in [-0.1, -0.05) is 84.9 Å². The molecule has 0 saturated heterocycles. The first kappa shape index (κ1) is 30.5. The van der Waals surface area contributed by atoms with Crippen LogP contribution in [-0.2, 0) is 16.6 Å². The van der Waals surface area contributed by atoms with E-state index >= 15 is 0 Å². The first-order chi connectivity index (χ1) is 19.8. The third-order valence-corrected chi connectivity index (χ3v) is 6.85. The van der Waals surface area contributed by atoms with E-state index in [1.165, 1.54) is 24.3 Å². The Kier molecular flexibility index (Phi) is 9.14. The van der Waals surface area contributed by atoms with Crippen molar-refractivity contribution in [3.8, 4) is 11.5 Å². The fourth-order valence-electron chi connectivity index (χ4n) is 4.85. The lowest BCUT2D eigenvalue weighted by molar-refractivity contribution is -0.275. The molecule has 1 atom stereocenters. The zero-order valence-corrected chi connectivity index (χ0v) is 22.4. The lowest BCUT2D eigenvalue weighted by Gasteiger charge is -2.36. The van der Waals surface area contributed by atoms with Crippen molar-refractivity contribution in [2.45, 2.75) is 37.4 Å². The minimum absolute atomic E-state index is 0.110. The number of amides is 1. The lowest BCUT2D eigenvalue weighted by Crippen LogP contribution is -2.44. The van der Waals surface area contributed by atoms with Gasteiger partial charge in [0.1, 0.15) is 11.5 Å². The average Bonchev–Trinajstić information content (AvgIpc) is 2.94. The SMILES string of the molecule is CC(C(=O)NCC(Cc1ccccc1)(c1cccc(OC(F)(F)F)c1)c1cccc(OC(F)(F)F)c1)c1ccccc1. The van der Waals surface area contributed by atoms with E-state index in [4.69, 9.17) is 0 Å². The Morgan fingerprint density at radius 2 is 1.17 bits per heavy atom. The fourth-order valence-corrected chi connectivity index (χ4v) is 4.85. The van der Waals surface area contributed by atoms with Crippen LogP contribution in [0.25, 0.3) is 0 Å². The monoisotopic (exact) mass is 587 g/mol. The summed E-state index contributed by atoms with van der Waals surface area (Å²) in [5.41, 5.74) is 0.690. The van der Waals surface area contributed by atoms with Gasteiger partial charge >= 0.3 is 12.7 Å². The summed E-state index contributed by atoms with van der Waals surface area (Å²) in [5, 5.41) is 2.91. The molecule has 1 unspecified atom stereocenters. The zero-order chi connectivity index (χ0) is 30.4. The molecule has 1 N–H and O–H groups in total. The van der Waals surface area contributed by atoms with Crippen molar-refractivity contribution in [2.75, 3.05) is 6.54 Å². The molecule has 42 heavy (non-hydrogen) atoms. The Hall–Kier alpha value is -4.47. The van der Waals surface area contributed by atoms with Gasteiger partial charge < -0.3 is 14.8 Å². The van der Waals surface area contributed by atoms with Crippen molar-refractivity contribution < 1.29 is 40.6 Å². The van der Waals surface area contributed by atoms with Gasteiger partial charge in [-0.05, 0) is 59.9 Å². The first-order valence-corrected chi connectivity index (χ1v) is 12.9. The van der Waals surface area contributed by atoms with E-state index in [1.54, 1.807) is 73.7 Å². The van der Waals surface area contributed by atoms with Gasteiger partial charge in [0.15, 0.2) is 0 Å². The number of rotatable bonds is 10. The summed E-state index contributed by atoms with van der Waals surface area (Å²) in [6, 6.07) is 28.3. The van der Waals surface area contributed by atoms with E-state index in [0.717, 1.165) is 23.3 Å². The quantitative estimate of drug-likeness (QED) is 0.192. The molecule has 0 aliphatic rings. The number of halogens is 6. The number of benzene rings is 4. The predicted molar refractivity (Wildman–Crippen MR) is 145 cm³/mol. The van der Waals surface area contributed by atoms with Crippen molar-refractivity contribution in [1.29, 1.82) is 0 Å². The Bertz CT molecular complexity index is 1410. The fraction of sp³-hybridized carbons (Fsp3) is 0.219. The van der Waals surface area contributed by atoms with Crippen LogP contribution in [-0.4, -0.2) is 25.2 Å². The standard InChI is InChI=1S/C32H27F6NO3/c1-22(24-12-6-3-7-13-24)29(40)39-21-30(20-23-10-4-2-5-11-23,25-14-8-16-27(18-25)41-31(33,34)35)26-15-9-17-28(19-26)42-32(36,37)38/h2-19,22H,20-21H2,1H3,(H,39,40). The number of ether oxygens (including phenoxy) is 2. The predicted octanol–water partition coefficient (Wildman–Crippen LogP) is 7.93. The number of hydrogen-bond donors (Lipinski definition) is 1. The van der Waals surface area contributed by atoms with Crippen LogP contribution in [0.3, 0.4) is 0 Å². The second-order valence-corrected chi connectivity index (χ2v) is 9.75. The van der Waals surface area contributed by atoms with E-state index in [-0.39, 0.29) is 30.0 Å². The average molecular weight is 588 g/mol. The minimum atomic E-state index is -4.97. The molecule has 0 saturated carbocycles. The Morgan fingerprint density at radius 3 is 1.64 bits per heavy atom. The van der Waals surface area contributed by atoms with Crippen LogP contribution >= 0.6 is 0 Å². The number of carbonyl (C=O) groups excluding carboxylic acids is 1. The smallest absolute Gasteiger partial charge is 0.406 e. The summed E-state index contributed by atoms with van der Waals surface area (Å²) in [4.78, 5) is 13.4. The van der Waals surface area contributed by atoms with E-state index in [9.17, 15) is 31.1 Å². The molecule has 4 nitrogen and oxygen atoms in total. The molecule has 0 aromatic heterocycles. The molecule has 0 bridgehead atoms. The number of hydrogen-bond acceptors (Lipinski definition) is 3. The van der Waals surface area contributed by atoms with Gasteiger partial charge in [0.25, 0.3) is 0 Å². The summed E-state index contributed by atoms with van der Waals surface area (Å²) in [6.45, 7) is 1.54. The molecule has 0 aliphatic heterocycles. The van der Waals surface area contributed by atoms with Crippen LogP contribution in [0.4, 0.5) is 26.3 Å². The highest BCUT2D eigenvalue weighted by molar-refractivity contribution is 5.83. The van der Waals surface area contributed by atoms with Crippen LogP contribution < -0.4 is 14.8 Å². The van der Waals surface area contributed by atoms with Crippen LogP contribution in [0.1, 0.15) is 35.1 Å². The summed E-state index contributed by atoms with van der Waals surface area (Å²) in [5.74, 6) is -1.97. The van der Waals surface area contributed by atoms with Gasteiger partial charge in [0.2, 0.25) is 5.91 Å². The number of carbonyl (C=O) groups is 1. The highest BCUT2D eigenvalue weighted by atomic mass is 19.4. The van der Waals surface area contributed by atoms with E-state index < -0.39 is 35.6 Å². The van der Waals surface area contributed by atoms with Crippen LogP contribution in [0, 0.1) is 0 Å². The Balaban J connectivity index is 1.85. The van der Waals surface area contributed by atoms with Gasteiger partial charge in [-0.25, -0.2) is 0 Å². The molecule has 4 rings (SSSR count). The number of nitrogens with one attached hydrogen (secondary N) is 1. The molecular formula is C32H27F6NO3. The lowest BCUT2D eigenvalue weighted by atomic mass is 9.70. The van der Waals surface area contributed by atoms with Crippen molar-refractivity contribution in [3.63, 3.8) is 0 Å². The van der Waals surface area contributed by atoms with Crippen LogP contribution in [0.15, 0.2) is 109 Å². The third kappa shape index (κ3) is 8.05. The normalized spacial score (nSPS) is 12.8. The third-order valence-electron chi connectivity index (χ3n) is 6.85. The van der Waals surface area contributed by atoms with Crippen molar-refractivity contribution >= 4 is 5.91 Å². The molecule has 0 radical (unpaired) electrons.